The molecule has 0 amide bonds. The molecule has 1 heterocycles. The molecular formula is C17H16N2O4. The molecule has 118 valence electrons. The number of methoxy groups -OCH3 is 1. The maximum absolute atomic E-state index is 12.6. The van der Waals surface area contributed by atoms with Gasteiger partial charge in [-0.05, 0) is 36.2 Å². The van der Waals surface area contributed by atoms with Crippen molar-refractivity contribution in [2.75, 3.05) is 12.4 Å². The number of carbonyl (C=O) groups excluding carboxylic acids is 1. The minimum absolute atomic E-state index is 0.372. The van der Waals surface area contributed by atoms with Gasteiger partial charge in [-0.2, -0.15) is 0 Å². The Kier molecular flexibility index (Phi) is 3.73. The number of benzene rings is 2. The molecule has 0 fully saturated rings. The summed E-state index contributed by atoms with van der Waals surface area (Å²) in [5.41, 5.74) is 2.60. The first-order valence-corrected chi connectivity index (χ1v) is 7.20. The number of nitro groups is 1. The molecule has 0 unspecified atom stereocenters. The molecule has 6 nitrogen and oxygen atoms in total. The minimum Gasteiger partial charge on any atom is -0.497 e. The minimum atomic E-state index is -1.35. The van der Waals surface area contributed by atoms with E-state index in [4.69, 9.17) is 4.74 Å². The third-order valence-electron chi connectivity index (χ3n) is 4.12. The van der Waals surface area contributed by atoms with Crippen LogP contribution in [0.15, 0.2) is 42.5 Å². The average molecular weight is 312 g/mol. The Balaban J connectivity index is 2.09. The molecule has 3 rings (SSSR count). The summed E-state index contributed by atoms with van der Waals surface area (Å²) in [6.07, 6.45) is 0. The van der Waals surface area contributed by atoms with Crippen LogP contribution in [-0.4, -0.2) is 23.9 Å². The number of fused-ring (bicyclic) bond motifs is 1. The molecular weight excluding hydrogens is 296 g/mol. The fourth-order valence-corrected chi connectivity index (χ4v) is 2.90. The monoisotopic (exact) mass is 312 g/mol. The normalized spacial score (nSPS) is 19.7. The van der Waals surface area contributed by atoms with Crippen LogP contribution in [0.4, 0.5) is 5.69 Å². The number of carbonyl (C=O) groups is 1. The highest BCUT2D eigenvalue weighted by atomic mass is 16.6. The van der Waals surface area contributed by atoms with Crippen LogP contribution in [0.25, 0.3) is 0 Å². The number of hydrogen-bond donors (Lipinski definition) is 1. The number of nitrogens with one attached hydrogen (secondary N) is 1. The van der Waals surface area contributed by atoms with E-state index < -0.39 is 22.8 Å². The molecule has 0 saturated heterocycles. The van der Waals surface area contributed by atoms with Crippen molar-refractivity contribution in [2.24, 2.45) is 0 Å². The first-order chi connectivity index (χ1) is 11.0. The van der Waals surface area contributed by atoms with E-state index in [0.29, 0.717) is 22.6 Å². The lowest BCUT2D eigenvalue weighted by atomic mass is 9.87. The predicted octanol–water partition coefficient (Wildman–Crippen LogP) is 3.00. The van der Waals surface area contributed by atoms with E-state index in [1.54, 1.807) is 43.5 Å². The van der Waals surface area contributed by atoms with E-state index in [0.717, 1.165) is 5.56 Å². The Morgan fingerprint density at radius 3 is 2.48 bits per heavy atom. The van der Waals surface area contributed by atoms with E-state index in [9.17, 15) is 14.9 Å². The van der Waals surface area contributed by atoms with Gasteiger partial charge in [0.2, 0.25) is 5.78 Å². The standard InChI is InChI=1S/C17H16N2O4/c1-10-4-3-5-13-14(10)18-15(16(17(13)20)19(21)22)11-6-8-12(23-2)9-7-11/h3-9,15-16,18H,1-2H3/t15-,16-/m0/s1. The van der Waals surface area contributed by atoms with Crippen molar-refractivity contribution in [1.82, 2.24) is 0 Å². The lowest BCUT2D eigenvalue weighted by molar-refractivity contribution is -0.508. The fraction of sp³-hybridized carbons (Fsp3) is 0.235. The SMILES string of the molecule is COc1ccc([C@@H]2Nc3c(C)cccc3C(=O)[C@H]2[N+](=O)[O-])cc1. The third-order valence-corrected chi connectivity index (χ3v) is 4.12. The Morgan fingerprint density at radius 1 is 1.17 bits per heavy atom. The number of ketones is 1. The first-order valence-electron chi connectivity index (χ1n) is 7.20. The number of aryl methyl sites for hydroxylation is 1. The quantitative estimate of drug-likeness (QED) is 0.696. The van der Waals surface area contributed by atoms with E-state index in [1.807, 2.05) is 13.0 Å². The van der Waals surface area contributed by atoms with Crippen molar-refractivity contribution < 1.29 is 14.5 Å². The van der Waals surface area contributed by atoms with Crippen molar-refractivity contribution in [3.8, 4) is 5.75 Å². The summed E-state index contributed by atoms with van der Waals surface area (Å²) in [6, 6.07) is 10.1. The zero-order valence-corrected chi connectivity index (χ0v) is 12.8. The fourth-order valence-electron chi connectivity index (χ4n) is 2.90. The zero-order valence-electron chi connectivity index (χ0n) is 12.8. The van der Waals surface area contributed by atoms with Gasteiger partial charge in [0.05, 0.1) is 7.11 Å². The summed E-state index contributed by atoms with van der Waals surface area (Å²) in [5, 5.41) is 14.7. The lowest BCUT2D eigenvalue weighted by Crippen LogP contribution is -2.43. The zero-order chi connectivity index (χ0) is 16.6. The van der Waals surface area contributed by atoms with Crippen LogP contribution in [0, 0.1) is 17.0 Å². The highest BCUT2D eigenvalue weighted by Gasteiger charge is 2.45. The maximum atomic E-state index is 12.6. The van der Waals surface area contributed by atoms with Crippen molar-refractivity contribution >= 4 is 11.5 Å². The third kappa shape index (κ3) is 2.52. The summed E-state index contributed by atoms with van der Waals surface area (Å²) < 4.78 is 5.11. The van der Waals surface area contributed by atoms with Gasteiger partial charge in [0.25, 0.3) is 6.04 Å². The second-order valence-corrected chi connectivity index (χ2v) is 5.49. The van der Waals surface area contributed by atoms with E-state index in [1.165, 1.54) is 0 Å². The number of Topliss-reactive ketones (excluding diaryl/α,β-unsaturated/α-hetero) is 1. The maximum Gasteiger partial charge on any atom is 0.298 e. The van der Waals surface area contributed by atoms with Gasteiger partial charge in [0, 0.05) is 16.2 Å². The summed E-state index contributed by atoms with van der Waals surface area (Å²) >= 11 is 0. The van der Waals surface area contributed by atoms with Gasteiger partial charge in [-0.25, -0.2) is 0 Å². The van der Waals surface area contributed by atoms with Crippen molar-refractivity contribution in [3.05, 3.63) is 69.3 Å². The summed E-state index contributed by atoms with van der Waals surface area (Å²) in [4.78, 5) is 23.6. The van der Waals surface area contributed by atoms with Crippen LogP contribution in [0.3, 0.4) is 0 Å². The second kappa shape index (κ2) is 5.72. The average Bonchev–Trinajstić information content (AvgIpc) is 2.55. The molecule has 0 aliphatic carbocycles. The second-order valence-electron chi connectivity index (χ2n) is 5.49. The summed E-state index contributed by atoms with van der Waals surface area (Å²) in [6.45, 7) is 1.87. The van der Waals surface area contributed by atoms with Gasteiger partial charge in [-0.15, -0.1) is 0 Å². The van der Waals surface area contributed by atoms with Crippen LogP contribution in [-0.2, 0) is 0 Å². The number of nitrogens with zero attached hydrogens (tertiary/aromatic N) is 1. The topological polar surface area (TPSA) is 81.5 Å². The van der Waals surface area contributed by atoms with Gasteiger partial charge in [-0.1, -0.05) is 24.3 Å². The van der Waals surface area contributed by atoms with Gasteiger partial charge in [-0.3, -0.25) is 14.9 Å². The van der Waals surface area contributed by atoms with Crippen molar-refractivity contribution in [2.45, 2.75) is 19.0 Å². The molecule has 1 aliphatic heterocycles. The highest BCUT2D eigenvalue weighted by molar-refractivity contribution is 6.07. The molecule has 0 saturated carbocycles. The molecule has 6 heteroatoms. The predicted molar refractivity (Wildman–Crippen MR) is 85.6 cm³/mol. The van der Waals surface area contributed by atoms with E-state index >= 15 is 0 Å². The van der Waals surface area contributed by atoms with Crippen LogP contribution in [0.1, 0.15) is 27.5 Å². The van der Waals surface area contributed by atoms with Gasteiger partial charge < -0.3 is 10.1 Å². The largest absolute Gasteiger partial charge is 0.497 e. The molecule has 0 bridgehead atoms. The Morgan fingerprint density at radius 2 is 1.87 bits per heavy atom. The van der Waals surface area contributed by atoms with E-state index in [2.05, 4.69) is 5.32 Å². The smallest absolute Gasteiger partial charge is 0.298 e. The van der Waals surface area contributed by atoms with Gasteiger partial charge in [0.1, 0.15) is 11.8 Å². The van der Waals surface area contributed by atoms with Gasteiger partial charge in [0.15, 0.2) is 0 Å². The van der Waals surface area contributed by atoms with Crippen molar-refractivity contribution in [3.63, 3.8) is 0 Å². The van der Waals surface area contributed by atoms with Gasteiger partial charge >= 0.3 is 0 Å². The van der Waals surface area contributed by atoms with Crippen LogP contribution >= 0.6 is 0 Å². The summed E-state index contributed by atoms with van der Waals surface area (Å²) in [5.74, 6) is 0.193. The van der Waals surface area contributed by atoms with Crippen molar-refractivity contribution in [1.29, 1.82) is 0 Å². The number of hydrogen-bond acceptors (Lipinski definition) is 5. The number of para-hydroxylation sites is 1. The summed E-state index contributed by atoms with van der Waals surface area (Å²) in [7, 11) is 1.55. The number of rotatable bonds is 3. The highest BCUT2D eigenvalue weighted by Crippen LogP contribution is 2.36. The Bertz CT molecular complexity index is 771. The lowest BCUT2D eigenvalue weighted by Gasteiger charge is -2.29. The molecule has 0 spiro atoms. The number of anilines is 1. The Hall–Kier alpha value is -2.89. The molecule has 2 atom stereocenters. The molecule has 2 aromatic rings. The molecule has 0 aromatic heterocycles. The molecule has 1 N–H and O–H groups in total. The first kappa shape index (κ1) is 15.0. The van der Waals surface area contributed by atoms with Crippen LogP contribution in [0.5, 0.6) is 5.75 Å². The molecule has 2 aromatic carbocycles. The Labute approximate surface area is 133 Å². The van der Waals surface area contributed by atoms with Crippen LogP contribution < -0.4 is 10.1 Å². The van der Waals surface area contributed by atoms with E-state index in [-0.39, 0.29) is 0 Å². The molecule has 1 aliphatic rings. The number of ether oxygens (including phenoxy) is 1. The molecule has 23 heavy (non-hydrogen) atoms. The van der Waals surface area contributed by atoms with Crippen LogP contribution in [0.2, 0.25) is 0 Å². The molecule has 0 radical (unpaired) electrons.